The maximum Gasteiger partial charge on any atom is 0.349 e. The largest absolute Gasteiger partial charge is 0.493 e. The molecule has 0 unspecified atom stereocenters. The Kier molecular flexibility index (Phi) is 5.39. The van der Waals surface area contributed by atoms with E-state index in [1.807, 2.05) is 48.5 Å². The molecular formula is C24H21NO5. The Hall–Kier alpha value is -3.80. The third-order valence-corrected chi connectivity index (χ3v) is 5.03. The van der Waals surface area contributed by atoms with Crippen LogP contribution in [0.2, 0.25) is 0 Å². The SMILES string of the molecule is COc1ccc(CCNC(=O)c2cc3c(ccc4ccccc43)oc2=O)cc1OC. The average Bonchev–Trinajstić information content (AvgIpc) is 2.78. The van der Waals surface area contributed by atoms with Crippen LogP contribution < -0.4 is 20.4 Å². The van der Waals surface area contributed by atoms with Crippen LogP contribution in [0.25, 0.3) is 21.7 Å². The molecule has 1 N–H and O–H groups in total. The maximum absolute atomic E-state index is 12.6. The standard InChI is InChI=1S/C24H21NO5/c1-28-21-9-7-15(13-22(21)29-2)11-12-25-23(26)19-14-18-17-6-4-3-5-16(17)8-10-20(18)30-24(19)27/h3-10,13-14H,11-12H2,1-2H3,(H,25,26). The lowest BCUT2D eigenvalue weighted by Gasteiger charge is -2.10. The Labute approximate surface area is 173 Å². The second-order valence-electron chi connectivity index (χ2n) is 6.84. The van der Waals surface area contributed by atoms with Crippen molar-refractivity contribution in [2.45, 2.75) is 6.42 Å². The molecule has 1 amide bonds. The number of amides is 1. The second-order valence-corrected chi connectivity index (χ2v) is 6.84. The molecule has 0 spiro atoms. The summed E-state index contributed by atoms with van der Waals surface area (Å²) in [6, 6.07) is 18.6. The fourth-order valence-electron chi connectivity index (χ4n) is 3.48. The van der Waals surface area contributed by atoms with E-state index >= 15 is 0 Å². The van der Waals surface area contributed by atoms with Crippen LogP contribution in [-0.2, 0) is 6.42 Å². The van der Waals surface area contributed by atoms with E-state index in [4.69, 9.17) is 13.9 Å². The number of nitrogens with one attached hydrogen (secondary N) is 1. The number of hydrogen-bond donors (Lipinski definition) is 1. The highest BCUT2D eigenvalue weighted by Gasteiger charge is 2.15. The van der Waals surface area contributed by atoms with Gasteiger partial charge < -0.3 is 19.2 Å². The van der Waals surface area contributed by atoms with Gasteiger partial charge in [0.2, 0.25) is 0 Å². The molecule has 6 heteroatoms. The lowest BCUT2D eigenvalue weighted by molar-refractivity contribution is 0.0950. The molecule has 3 aromatic carbocycles. The Morgan fingerprint density at radius 2 is 1.73 bits per heavy atom. The molecule has 1 heterocycles. The van der Waals surface area contributed by atoms with E-state index in [1.54, 1.807) is 26.4 Å². The Morgan fingerprint density at radius 3 is 2.53 bits per heavy atom. The minimum atomic E-state index is -0.651. The summed E-state index contributed by atoms with van der Waals surface area (Å²) >= 11 is 0. The number of fused-ring (bicyclic) bond motifs is 3. The normalized spacial score (nSPS) is 10.9. The molecule has 0 saturated heterocycles. The number of carbonyl (C=O) groups is 1. The van der Waals surface area contributed by atoms with Crippen molar-refractivity contribution >= 4 is 27.6 Å². The molecule has 152 valence electrons. The van der Waals surface area contributed by atoms with Gasteiger partial charge in [-0.05, 0) is 47.0 Å². The maximum atomic E-state index is 12.6. The van der Waals surface area contributed by atoms with Gasteiger partial charge in [-0.1, -0.05) is 36.4 Å². The zero-order valence-corrected chi connectivity index (χ0v) is 16.7. The van der Waals surface area contributed by atoms with Crippen molar-refractivity contribution in [2.24, 2.45) is 0 Å². The number of hydrogen-bond acceptors (Lipinski definition) is 5. The van der Waals surface area contributed by atoms with Crippen LogP contribution in [0.1, 0.15) is 15.9 Å². The van der Waals surface area contributed by atoms with E-state index in [2.05, 4.69) is 5.32 Å². The summed E-state index contributed by atoms with van der Waals surface area (Å²) in [4.78, 5) is 25.0. The van der Waals surface area contributed by atoms with Gasteiger partial charge in [0.1, 0.15) is 11.1 Å². The molecule has 0 fully saturated rings. The predicted molar refractivity (Wildman–Crippen MR) is 116 cm³/mol. The van der Waals surface area contributed by atoms with E-state index in [0.29, 0.717) is 30.0 Å². The summed E-state index contributed by atoms with van der Waals surface area (Å²) in [5.74, 6) is 0.814. The molecule has 0 aliphatic carbocycles. The number of methoxy groups -OCH3 is 2. The number of ether oxygens (including phenoxy) is 2. The zero-order chi connectivity index (χ0) is 21.1. The van der Waals surface area contributed by atoms with Crippen molar-refractivity contribution in [3.05, 3.63) is 82.2 Å². The zero-order valence-electron chi connectivity index (χ0n) is 16.7. The lowest BCUT2D eigenvalue weighted by atomic mass is 10.0. The number of rotatable bonds is 6. The Balaban J connectivity index is 1.54. The first-order valence-corrected chi connectivity index (χ1v) is 9.55. The summed E-state index contributed by atoms with van der Waals surface area (Å²) in [5.41, 5.74) is 0.776. The van der Waals surface area contributed by atoms with E-state index in [9.17, 15) is 9.59 Å². The van der Waals surface area contributed by atoms with Crippen molar-refractivity contribution in [1.29, 1.82) is 0 Å². The highest BCUT2D eigenvalue weighted by Crippen LogP contribution is 2.28. The monoisotopic (exact) mass is 403 g/mol. The second kappa shape index (κ2) is 8.29. The van der Waals surface area contributed by atoms with Crippen molar-refractivity contribution in [1.82, 2.24) is 5.32 Å². The Bertz CT molecular complexity index is 1290. The van der Waals surface area contributed by atoms with Gasteiger partial charge in [0.25, 0.3) is 5.91 Å². The van der Waals surface area contributed by atoms with E-state index in [-0.39, 0.29) is 5.56 Å². The topological polar surface area (TPSA) is 77.8 Å². The minimum Gasteiger partial charge on any atom is -0.493 e. The summed E-state index contributed by atoms with van der Waals surface area (Å²) in [7, 11) is 3.15. The van der Waals surface area contributed by atoms with Gasteiger partial charge in [0, 0.05) is 11.9 Å². The lowest BCUT2D eigenvalue weighted by Crippen LogP contribution is -2.29. The summed E-state index contributed by atoms with van der Waals surface area (Å²) in [6.07, 6.45) is 0.577. The van der Waals surface area contributed by atoms with Crippen LogP contribution in [0.3, 0.4) is 0 Å². The van der Waals surface area contributed by atoms with Gasteiger partial charge in [0.15, 0.2) is 11.5 Å². The quantitative estimate of drug-likeness (QED) is 0.390. The molecule has 30 heavy (non-hydrogen) atoms. The molecule has 0 bridgehead atoms. The van der Waals surface area contributed by atoms with Crippen LogP contribution >= 0.6 is 0 Å². The van der Waals surface area contributed by atoms with E-state index in [1.165, 1.54) is 0 Å². The van der Waals surface area contributed by atoms with Crippen molar-refractivity contribution in [2.75, 3.05) is 20.8 Å². The summed E-state index contributed by atoms with van der Waals surface area (Å²) < 4.78 is 15.9. The van der Waals surface area contributed by atoms with Gasteiger partial charge >= 0.3 is 5.63 Å². The molecular weight excluding hydrogens is 382 g/mol. The van der Waals surface area contributed by atoms with E-state index < -0.39 is 11.5 Å². The molecule has 0 aliphatic rings. The molecule has 0 atom stereocenters. The van der Waals surface area contributed by atoms with Gasteiger partial charge in [-0.15, -0.1) is 0 Å². The highest BCUT2D eigenvalue weighted by atomic mass is 16.5. The molecule has 4 aromatic rings. The fraction of sp³-hybridized carbons (Fsp3) is 0.167. The van der Waals surface area contributed by atoms with Crippen LogP contribution in [0, 0.1) is 0 Å². The van der Waals surface area contributed by atoms with Crippen molar-refractivity contribution < 1.29 is 18.7 Å². The fourth-order valence-corrected chi connectivity index (χ4v) is 3.48. The number of benzene rings is 3. The van der Waals surface area contributed by atoms with Gasteiger partial charge in [0.05, 0.1) is 14.2 Å². The number of carbonyl (C=O) groups excluding carboxylic acids is 1. The first-order valence-electron chi connectivity index (χ1n) is 9.55. The van der Waals surface area contributed by atoms with Gasteiger partial charge in [-0.25, -0.2) is 4.79 Å². The van der Waals surface area contributed by atoms with Crippen LogP contribution in [-0.4, -0.2) is 26.7 Å². The summed E-state index contributed by atoms with van der Waals surface area (Å²) in [5, 5.41) is 5.47. The first kappa shape index (κ1) is 19.5. The third-order valence-electron chi connectivity index (χ3n) is 5.03. The van der Waals surface area contributed by atoms with E-state index in [0.717, 1.165) is 21.7 Å². The third kappa shape index (κ3) is 3.72. The Morgan fingerprint density at radius 1 is 0.933 bits per heavy atom. The van der Waals surface area contributed by atoms with Crippen LogP contribution in [0.4, 0.5) is 0 Å². The molecule has 1 aromatic heterocycles. The first-order chi connectivity index (χ1) is 14.6. The molecule has 6 nitrogen and oxygen atoms in total. The van der Waals surface area contributed by atoms with Crippen LogP contribution in [0.15, 0.2) is 69.9 Å². The molecule has 0 saturated carbocycles. The van der Waals surface area contributed by atoms with Gasteiger partial charge in [-0.2, -0.15) is 0 Å². The highest BCUT2D eigenvalue weighted by molar-refractivity contribution is 6.07. The predicted octanol–water partition coefficient (Wildman–Crippen LogP) is 3.94. The average molecular weight is 403 g/mol. The van der Waals surface area contributed by atoms with Crippen molar-refractivity contribution in [3.8, 4) is 11.5 Å². The molecule has 0 aliphatic heterocycles. The van der Waals surface area contributed by atoms with Crippen LogP contribution in [0.5, 0.6) is 11.5 Å². The molecule has 4 rings (SSSR count). The molecule has 0 radical (unpaired) electrons. The minimum absolute atomic E-state index is 0.00818. The summed E-state index contributed by atoms with van der Waals surface area (Å²) in [6.45, 7) is 0.362. The van der Waals surface area contributed by atoms with Gasteiger partial charge in [-0.3, -0.25) is 4.79 Å². The van der Waals surface area contributed by atoms with Crippen molar-refractivity contribution in [3.63, 3.8) is 0 Å². The smallest absolute Gasteiger partial charge is 0.349 e.